The van der Waals surface area contributed by atoms with Crippen molar-refractivity contribution in [2.24, 2.45) is 15.7 Å². The van der Waals surface area contributed by atoms with E-state index in [0.717, 1.165) is 18.5 Å². The molecule has 7 heteroatoms. The maximum Gasteiger partial charge on any atom is 0.123 e. The van der Waals surface area contributed by atoms with Gasteiger partial charge in [-0.2, -0.15) is 5.48 Å². The van der Waals surface area contributed by atoms with E-state index in [1.165, 1.54) is 6.34 Å². The molecular weight excluding hydrogens is 306 g/mol. The Hall–Kier alpha value is -1.70. The highest BCUT2D eigenvalue weighted by Crippen LogP contribution is 2.10. The summed E-state index contributed by atoms with van der Waals surface area (Å²) in [5.74, 6) is 0.691. The first-order chi connectivity index (χ1) is 11.3. The first-order valence-electron chi connectivity index (χ1n) is 8.26. The third-order valence-electron chi connectivity index (χ3n) is 3.40. The van der Waals surface area contributed by atoms with Crippen molar-refractivity contribution < 1.29 is 9.94 Å². The van der Waals surface area contributed by atoms with E-state index in [-0.39, 0.29) is 6.04 Å². The number of nitrogens with two attached hydrogens (primary N) is 1. The molecule has 0 spiro atoms. The molecule has 0 amide bonds. The first kappa shape index (κ1) is 22.3. The number of nitrogens with zero attached hydrogens (tertiary/aromatic N) is 3. The SMILES string of the molecule is CCNO/C(C)=C/C(N=CN)=C(C)C=NC(C)CCN(C)C(C)O. The van der Waals surface area contributed by atoms with Gasteiger partial charge in [0.25, 0.3) is 0 Å². The minimum absolute atomic E-state index is 0.146. The van der Waals surface area contributed by atoms with Gasteiger partial charge in [-0.1, -0.05) is 0 Å². The van der Waals surface area contributed by atoms with Crippen LogP contribution in [0.4, 0.5) is 0 Å². The molecule has 0 aliphatic rings. The van der Waals surface area contributed by atoms with Gasteiger partial charge >= 0.3 is 0 Å². The molecule has 0 aliphatic heterocycles. The summed E-state index contributed by atoms with van der Waals surface area (Å²) in [7, 11) is 1.89. The molecule has 0 saturated carbocycles. The monoisotopic (exact) mass is 339 g/mol. The van der Waals surface area contributed by atoms with E-state index < -0.39 is 6.23 Å². The van der Waals surface area contributed by atoms with Gasteiger partial charge in [-0.05, 0) is 53.7 Å². The van der Waals surface area contributed by atoms with E-state index in [0.29, 0.717) is 18.0 Å². The Morgan fingerprint density at radius 2 is 2.04 bits per heavy atom. The highest BCUT2D eigenvalue weighted by molar-refractivity contribution is 5.80. The molecule has 0 heterocycles. The van der Waals surface area contributed by atoms with Crippen LogP contribution in [0.15, 0.2) is 33.1 Å². The summed E-state index contributed by atoms with van der Waals surface area (Å²) >= 11 is 0. The third kappa shape index (κ3) is 10.1. The Labute approximate surface area is 146 Å². The van der Waals surface area contributed by atoms with E-state index in [1.54, 1.807) is 19.2 Å². The van der Waals surface area contributed by atoms with Gasteiger partial charge in [-0.3, -0.25) is 9.89 Å². The fourth-order valence-corrected chi connectivity index (χ4v) is 1.70. The van der Waals surface area contributed by atoms with E-state index in [1.807, 2.05) is 39.6 Å². The normalized spacial score (nSPS) is 16.8. The van der Waals surface area contributed by atoms with Gasteiger partial charge in [0.05, 0.1) is 12.0 Å². The second-order valence-electron chi connectivity index (χ2n) is 5.73. The molecule has 0 bridgehead atoms. The van der Waals surface area contributed by atoms with Crippen LogP contribution < -0.4 is 11.2 Å². The van der Waals surface area contributed by atoms with E-state index in [4.69, 9.17) is 10.6 Å². The number of aliphatic hydroxyl groups is 1. The minimum atomic E-state index is -0.446. The van der Waals surface area contributed by atoms with Crippen molar-refractivity contribution in [3.05, 3.63) is 23.1 Å². The molecule has 0 radical (unpaired) electrons. The second kappa shape index (κ2) is 12.7. The van der Waals surface area contributed by atoms with Crippen molar-refractivity contribution in [2.45, 2.75) is 53.3 Å². The Bertz CT molecular complexity index is 470. The van der Waals surface area contributed by atoms with Crippen LogP contribution in [-0.4, -0.2) is 55.0 Å². The van der Waals surface area contributed by atoms with Crippen molar-refractivity contribution in [3.8, 4) is 0 Å². The lowest BCUT2D eigenvalue weighted by atomic mass is 10.2. The largest absolute Gasteiger partial charge is 0.413 e. The molecular formula is C17H33N5O2. The highest BCUT2D eigenvalue weighted by Gasteiger charge is 2.07. The molecule has 0 rings (SSSR count). The Kier molecular flexibility index (Phi) is 11.8. The van der Waals surface area contributed by atoms with Crippen LogP contribution in [0.2, 0.25) is 0 Å². The van der Waals surface area contributed by atoms with Gasteiger partial charge in [0.15, 0.2) is 0 Å². The van der Waals surface area contributed by atoms with Crippen LogP contribution in [0.25, 0.3) is 0 Å². The lowest BCUT2D eigenvalue weighted by Crippen LogP contribution is -2.30. The van der Waals surface area contributed by atoms with E-state index in [2.05, 4.69) is 15.5 Å². The second-order valence-corrected chi connectivity index (χ2v) is 5.73. The van der Waals surface area contributed by atoms with Crippen LogP contribution in [0.1, 0.15) is 41.0 Å². The molecule has 0 aromatic heterocycles. The summed E-state index contributed by atoms with van der Waals surface area (Å²) in [5.41, 5.74) is 9.81. The number of allylic oxidation sites excluding steroid dienone is 3. The van der Waals surface area contributed by atoms with Crippen LogP contribution in [0.3, 0.4) is 0 Å². The summed E-state index contributed by atoms with van der Waals surface area (Å²) in [4.78, 5) is 15.9. The van der Waals surface area contributed by atoms with Gasteiger partial charge < -0.3 is 15.7 Å². The number of hydroxylamine groups is 1. The highest BCUT2D eigenvalue weighted by atomic mass is 16.6. The lowest BCUT2D eigenvalue weighted by molar-refractivity contribution is 0.0370. The zero-order valence-electron chi connectivity index (χ0n) is 15.8. The molecule has 0 saturated heterocycles. The first-order valence-corrected chi connectivity index (χ1v) is 8.26. The lowest BCUT2D eigenvalue weighted by Gasteiger charge is -2.20. The van der Waals surface area contributed by atoms with Gasteiger partial charge in [0.2, 0.25) is 0 Å². The summed E-state index contributed by atoms with van der Waals surface area (Å²) in [6.45, 7) is 11.0. The standard InChI is InChI=1S/C17H33N5O2/c1-7-21-24-15(4)10-17(20-12-18)13(2)11-19-14(3)8-9-22(6)16(5)23/h10-12,14,16,21,23H,7-9H2,1-6H3,(H2,18,20)/b15-10+,17-13?,19-11?. The fraction of sp³-hybridized carbons (Fsp3) is 0.647. The zero-order valence-corrected chi connectivity index (χ0v) is 15.8. The topological polar surface area (TPSA) is 95.5 Å². The van der Waals surface area contributed by atoms with Crippen molar-refractivity contribution in [1.29, 1.82) is 0 Å². The zero-order chi connectivity index (χ0) is 18.5. The number of nitrogens with one attached hydrogen (secondary N) is 1. The molecule has 0 aromatic rings. The number of rotatable bonds is 11. The molecule has 4 N–H and O–H groups in total. The maximum absolute atomic E-state index is 9.46. The number of aliphatic hydroxyl groups excluding tert-OH is 1. The average Bonchev–Trinajstić information content (AvgIpc) is 2.54. The third-order valence-corrected chi connectivity index (χ3v) is 3.40. The molecule has 0 aromatic carbocycles. The molecule has 7 nitrogen and oxygen atoms in total. The summed E-state index contributed by atoms with van der Waals surface area (Å²) in [5, 5.41) is 9.46. The van der Waals surface area contributed by atoms with Crippen LogP contribution >= 0.6 is 0 Å². The molecule has 0 aliphatic carbocycles. The van der Waals surface area contributed by atoms with Crippen LogP contribution in [0.5, 0.6) is 0 Å². The summed E-state index contributed by atoms with van der Waals surface area (Å²) in [6, 6.07) is 0.146. The van der Waals surface area contributed by atoms with E-state index in [9.17, 15) is 5.11 Å². The average molecular weight is 339 g/mol. The van der Waals surface area contributed by atoms with Crippen molar-refractivity contribution in [1.82, 2.24) is 10.4 Å². The number of hydrogen-bond acceptors (Lipinski definition) is 6. The molecule has 24 heavy (non-hydrogen) atoms. The van der Waals surface area contributed by atoms with E-state index >= 15 is 0 Å². The minimum Gasteiger partial charge on any atom is -0.413 e. The molecule has 0 fully saturated rings. The molecule has 2 unspecified atom stereocenters. The van der Waals surface area contributed by atoms with Crippen molar-refractivity contribution in [2.75, 3.05) is 20.1 Å². The quantitative estimate of drug-likeness (QED) is 0.133. The smallest absolute Gasteiger partial charge is 0.123 e. The van der Waals surface area contributed by atoms with Gasteiger partial charge in [-0.25, -0.2) is 4.99 Å². The predicted molar refractivity (Wildman–Crippen MR) is 101 cm³/mol. The van der Waals surface area contributed by atoms with Crippen LogP contribution in [-0.2, 0) is 4.84 Å². The Morgan fingerprint density at radius 3 is 2.58 bits per heavy atom. The van der Waals surface area contributed by atoms with Crippen LogP contribution in [0, 0.1) is 0 Å². The number of hydrogen-bond donors (Lipinski definition) is 3. The molecule has 2 atom stereocenters. The van der Waals surface area contributed by atoms with Crippen molar-refractivity contribution >= 4 is 12.6 Å². The summed E-state index contributed by atoms with van der Waals surface area (Å²) in [6.07, 6.45) is 5.27. The summed E-state index contributed by atoms with van der Waals surface area (Å²) < 4.78 is 0. The molecule has 138 valence electrons. The predicted octanol–water partition coefficient (Wildman–Crippen LogP) is 1.81. The Balaban J connectivity index is 4.88. The number of aliphatic imine (C=N–C) groups is 2. The fourth-order valence-electron chi connectivity index (χ4n) is 1.70. The van der Waals surface area contributed by atoms with Crippen molar-refractivity contribution in [3.63, 3.8) is 0 Å². The van der Waals surface area contributed by atoms with Gasteiger partial charge in [-0.15, -0.1) is 0 Å². The Morgan fingerprint density at radius 1 is 1.38 bits per heavy atom. The maximum atomic E-state index is 9.46. The van der Waals surface area contributed by atoms with Gasteiger partial charge in [0.1, 0.15) is 12.0 Å². The van der Waals surface area contributed by atoms with Gasteiger partial charge in [0, 0.05) is 31.4 Å².